The van der Waals surface area contributed by atoms with Crippen molar-refractivity contribution in [3.63, 3.8) is 0 Å². The molecular formula is C19H33N3O4S. The number of piperazine rings is 1. The lowest BCUT2D eigenvalue weighted by molar-refractivity contribution is -0.140. The average Bonchev–Trinajstić information content (AvgIpc) is 2.69. The van der Waals surface area contributed by atoms with Crippen molar-refractivity contribution in [3.8, 4) is 0 Å². The first-order valence-corrected chi connectivity index (χ1v) is 11.7. The van der Waals surface area contributed by atoms with Crippen molar-refractivity contribution in [2.45, 2.75) is 64.3 Å². The number of hydrogen-bond donors (Lipinski definition) is 0. The van der Waals surface area contributed by atoms with Crippen LogP contribution in [0.15, 0.2) is 0 Å². The summed E-state index contributed by atoms with van der Waals surface area (Å²) in [4.78, 5) is 26.3. The van der Waals surface area contributed by atoms with Gasteiger partial charge in [-0.2, -0.15) is 17.0 Å². The van der Waals surface area contributed by atoms with Crippen LogP contribution in [0.5, 0.6) is 0 Å². The third-order valence-electron chi connectivity index (χ3n) is 6.61. The summed E-state index contributed by atoms with van der Waals surface area (Å²) in [5.41, 5.74) is 0. The Kier molecular flexibility index (Phi) is 6.58. The zero-order chi connectivity index (χ0) is 19.6. The number of amides is 1. The Labute approximate surface area is 163 Å². The molecule has 0 unspecified atom stereocenters. The van der Waals surface area contributed by atoms with E-state index < -0.39 is 10.2 Å². The summed E-state index contributed by atoms with van der Waals surface area (Å²) in [7, 11) is -1.77. The Morgan fingerprint density at radius 3 is 2.26 bits per heavy atom. The first-order valence-electron chi connectivity index (χ1n) is 10.4. The molecule has 3 aliphatic rings. The summed E-state index contributed by atoms with van der Waals surface area (Å²) in [6, 6.07) is 0.102. The van der Waals surface area contributed by atoms with Crippen molar-refractivity contribution in [1.82, 2.24) is 13.5 Å². The fraction of sp³-hybridized carbons (Fsp3) is 0.895. The summed E-state index contributed by atoms with van der Waals surface area (Å²) in [5, 5.41) is 0. The Bertz CT molecular complexity index is 652. The minimum atomic E-state index is -3.47. The van der Waals surface area contributed by atoms with Crippen molar-refractivity contribution in [3.05, 3.63) is 0 Å². The second-order valence-corrected chi connectivity index (χ2v) is 10.4. The van der Waals surface area contributed by atoms with Gasteiger partial charge in [0, 0.05) is 57.5 Å². The number of nitrogens with zero attached hydrogens (tertiary/aromatic N) is 3. The Morgan fingerprint density at radius 2 is 1.67 bits per heavy atom. The van der Waals surface area contributed by atoms with Gasteiger partial charge in [-0.05, 0) is 25.7 Å². The molecule has 0 N–H and O–H groups in total. The molecule has 3 fully saturated rings. The van der Waals surface area contributed by atoms with Crippen molar-refractivity contribution in [2.24, 2.45) is 11.8 Å². The van der Waals surface area contributed by atoms with E-state index in [1.807, 2.05) is 6.92 Å². The summed E-state index contributed by atoms with van der Waals surface area (Å²) in [6.07, 6.45) is 6.99. The molecule has 0 radical (unpaired) electrons. The van der Waals surface area contributed by atoms with E-state index in [-0.39, 0.29) is 29.6 Å². The average molecular weight is 400 g/mol. The van der Waals surface area contributed by atoms with E-state index in [9.17, 15) is 18.0 Å². The van der Waals surface area contributed by atoms with Crippen LogP contribution in [0.25, 0.3) is 0 Å². The van der Waals surface area contributed by atoms with Gasteiger partial charge in [0.05, 0.1) is 0 Å². The Balaban J connectivity index is 1.54. The quantitative estimate of drug-likeness (QED) is 0.720. The second kappa shape index (κ2) is 8.57. The normalized spacial score (nSPS) is 29.3. The predicted molar refractivity (Wildman–Crippen MR) is 103 cm³/mol. The Hall–Kier alpha value is -0.990. The summed E-state index contributed by atoms with van der Waals surface area (Å²) >= 11 is 0. The van der Waals surface area contributed by atoms with E-state index in [4.69, 9.17) is 0 Å². The molecular weight excluding hydrogens is 366 g/mol. The van der Waals surface area contributed by atoms with Crippen LogP contribution in [0.3, 0.4) is 0 Å². The maximum atomic E-state index is 13.0. The molecule has 2 aliphatic carbocycles. The monoisotopic (exact) mass is 399 g/mol. The van der Waals surface area contributed by atoms with Crippen LogP contribution in [0.4, 0.5) is 0 Å². The fourth-order valence-electron chi connectivity index (χ4n) is 4.68. The minimum Gasteiger partial charge on any atom is -0.340 e. The highest BCUT2D eigenvalue weighted by molar-refractivity contribution is 7.86. The maximum Gasteiger partial charge on any atom is 0.282 e. The van der Waals surface area contributed by atoms with Gasteiger partial charge in [-0.3, -0.25) is 9.59 Å². The molecule has 3 rings (SSSR count). The van der Waals surface area contributed by atoms with Gasteiger partial charge >= 0.3 is 0 Å². The lowest BCUT2D eigenvalue weighted by atomic mass is 9.81. The van der Waals surface area contributed by atoms with Crippen LogP contribution in [-0.2, 0) is 19.8 Å². The summed E-state index contributed by atoms with van der Waals surface area (Å²) in [5.74, 6) is 0.206. The van der Waals surface area contributed by atoms with E-state index in [0.29, 0.717) is 45.4 Å². The largest absolute Gasteiger partial charge is 0.340 e. The highest BCUT2D eigenvalue weighted by Gasteiger charge is 2.37. The van der Waals surface area contributed by atoms with Gasteiger partial charge in [0.15, 0.2) is 0 Å². The zero-order valence-electron chi connectivity index (χ0n) is 16.6. The van der Waals surface area contributed by atoms with Gasteiger partial charge < -0.3 is 4.90 Å². The molecule has 154 valence electrons. The van der Waals surface area contributed by atoms with Crippen molar-refractivity contribution < 1.29 is 18.0 Å². The highest BCUT2D eigenvalue weighted by atomic mass is 32.2. The number of carbonyl (C=O) groups is 2. The maximum absolute atomic E-state index is 13.0. The van der Waals surface area contributed by atoms with Crippen molar-refractivity contribution in [1.29, 1.82) is 0 Å². The summed E-state index contributed by atoms with van der Waals surface area (Å²) < 4.78 is 29.0. The fourth-order valence-corrected chi connectivity index (χ4v) is 6.25. The molecule has 2 atom stereocenters. The lowest BCUT2D eigenvalue weighted by Gasteiger charge is -2.40. The van der Waals surface area contributed by atoms with Crippen LogP contribution in [0.2, 0.25) is 0 Å². The molecule has 0 bridgehead atoms. The van der Waals surface area contributed by atoms with E-state index in [0.717, 1.165) is 25.7 Å². The smallest absolute Gasteiger partial charge is 0.282 e. The third kappa shape index (κ3) is 4.54. The van der Waals surface area contributed by atoms with Crippen LogP contribution in [-0.4, -0.2) is 72.9 Å². The molecule has 0 spiro atoms. The van der Waals surface area contributed by atoms with E-state index in [1.165, 1.54) is 10.7 Å². The van der Waals surface area contributed by atoms with Gasteiger partial charge in [0.2, 0.25) is 5.91 Å². The topological polar surface area (TPSA) is 78.0 Å². The van der Waals surface area contributed by atoms with Gasteiger partial charge in [-0.15, -0.1) is 0 Å². The lowest BCUT2D eigenvalue weighted by Crippen LogP contribution is -2.56. The molecule has 0 aromatic heterocycles. The van der Waals surface area contributed by atoms with Gasteiger partial charge in [-0.1, -0.05) is 26.2 Å². The van der Waals surface area contributed by atoms with Crippen molar-refractivity contribution in [2.75, 3.05) is 33.2 Å². The molecule has 1 saturated heterocycles. The van der Waals surface area contributed by atoms with Gasteiger partial charge in [0.1, 0.15) is 5.78 Å². The van der Waals surface area contributed by atoms with Crippen LogP contribution >= 0.6 is 0 Å². The molecule has 1 heterocycles. The minimum absolute atomic E-state index is 0.0430. The molecule has 2 saturated carbocycles. The van der Waals surface area contributed by atoms with Gasteiger partial charge in [-0.25, -0.2) is 0 Å². The zero-order valence-corrected chi connectivity index (χ0v) is 17.4. The number of rotatable bonds is 4. The van der Waals surface area contributed by atoms with Gasteiger partial charge in [0.25, 0.3) is 10.2 Å². The third-order valence-corrected chi connectivity index (χ3v) is 8.65. The SMILES string of the molecule is C[C@H]1C[C@H](C(=O)N2CCN(S(=O)(=O)N(C)C3CCCCC3)CC2)CCC1=O. The van der Waals surface area contributed by atoms with E-state index in [2.05, 4.69) is 0 Å². The Morgan fingerprint density at radius 1 is 1.04 bits per heavy atom. The van der Waals surface area contributed by atoms with Crippen LogP contribution in [0, 0.1) is 11.8 Å². The van der Waals surface area contributed by atoms with Crippen LogP contribution in [0.1, 0.15) is 58.3 Å². The van der Waals surface area contributed by atoms with E-state index >= 15 is 0 Å². The molecule has 8 heteroatoms. The molecule has 7 nitrogen and oxygen atoms in total. The van der Waals surface area contributed by atoms with Crippen LogP contribution < -0.4 is 0 Å². The molecule has 0 aromatic rings. The number of hydrogen-bond acceptors (Lipinski definition) is 4. The van der Waals surface area contributed by atoms with Crippen molar-refractivity contribution >= 4 is 21.9 Å². The molecule has 1 amide bonds. The number of ketones is 1. The standard InChI is InChI=1S/C19H33N3O4S/c1-15-14-16(8-9-18(15)23)19(24)21-10-12-22(13-11-21)27(25,26)20(2)17-6-4-3-5-7-17/h15-17H,3-14H2,1-2H3/t15-,16+/m0/s1. The number of carbonyl (C=O) groups excluding carboxylic acids is 2. The number of Topliss-reactive ketones (excluding diaryl/α,β-unsaturated/α-hetero) is 1. The summed E-state index contributed by atoms with van der Waals surface area (Å²) in [6.45, 7) is 3.48. The molecule has 1 aliphatic heterocycles. The highest BCUT2D eigenvalue weighted by Crippen LogP contribution is 2.29. The molecule has 27 heavy (non-hydrogen) atoms. The second-order valence-electron chi connectivity index (χ2n) is 8.38. The molecule has 0 aromatic carbocycles. The predicted octanol–water partition coefficient (Wildman–Crippen LogP) is 1.65. The van der Waals surface area contributed by atoms with E-state index in [1.54, 1.807) is 16.3 Å². The first-order chi connectivity index (χ1) is 12.8. The first kappa shape index (κ1) is 20.7.